The first-order valence-corrected chi connectivity index (χ1v) is 9.83. The highest BCUT2D eigenvalue weighted by Gasteiger charge is 2.38. The van der Waals surface area contributed by atoms with Crippen molar-refractivity contribution in [2.24, 2.45) is 7.05 Å². The number of hydrogen-bond donors (Lipinski definition) is 0. The van der Waals surface area contributed by atoms with E-state index >= 15 is 0 Å². The number of rotatable bonds is 2. The van der Waals surface area contributed by atoms with Crippen LogP contribution in [0.3, 0.4) is 0 Å². The van der Waals surface area contributed by atoms with E-state index in [2.05, 4.69) is 5.10 Å². The first-order valence-electron chi connectivity index (χ1n) is 8.39. The summed E-state index contributed by atoms with van der Waals surface area (Å²) < 4.78 is 43.6. The summed E-state index contributed by atoms with van der Waals surface area (Å²) in [6.07, 6.45) is 2.88. The van der Waals surface area contributed by atoms with Crippen LogP contribution in [-0.4, -0.2) is 24.2 Å². The van der Waals surface area contributed by atoms with Gasteiger partial charge in [-0.1, -0.05) is 20.8 Å². The average Bonchev–Trinajstić information content (AvgIpc) is 2.90. The molecule has 0 saturated carbocycles. The average molecular weight is 365 g/mol. The smallest absolute Gasteiger partial charge is 0.268 e. The Morgan fingerprint density at radius 2 is 1.96 bits per heavy atom. The van der Waals surface area contributed by atoms with Gasteiger partial charge in [0, 0.05) is 24.7 Å². The molecule has 136 valence electrons. The summed E-state index contributed by atoms with van der Waals surface area (Å²) in [6, 6.07) is 4.10. The molecule has 7 heteroatoms. The van der Waals surface area contributed by atoms with Crippen LogP contribution in [-0.2, 0) is 28.9 Å². The molecule has 1 unspecified atom stereocenters. The van der Waals surface area contributed by atoms with E-state index in [-0.39, 0.29) is 16.8 Å². The van der Waals surface area contributed by atoms with Crippen LogP contribution in [0, 0.1) is 5.82 Å². The molecule has 1 atom stereocenters. The molecule has 0 bridgehead atoms. The third-order valence-electron chi connectivity index (χ3n) is 4.55. The Hall–Kier alpha value is -1.89. The van der Waals surface area contributed by atoms with E-state index in [0.717, 1.165) is 5.56 Å². The third kappa shape index (κ3) is 3.05. The van der Waals surface area contributed by atoms with Crippen molar-refractivity contribution < 1.29 is 12.8 Å². The number of benzene rings is 1. The molecule has 1 aliphatic rings. The van der Waals surface area contributed by atoms with Gasteiger partial charge in [0.05, 0.1) is 11.4 Å². The van der Waals surface area contributed by atoms with Crippen molar-refractivity contribution in [3.63, 3.8) is 0 Å². The van der Waals surface area contributed by atoms with Gasteiger partial charge in [0.2, 0.25) is 0 Å². The SMILES string of the molecule is CC1CCc2cc(F)ccc2N1S(=O)(=O)c1cn(C)nc1C(C)(C)C. The molecule has 0 amide bonds. The lowest BCUT2D eigenvalue weighted by atomic mass is 9.92. The summed E-state index contributed by atoms with van der Waals surface area (Å²) in [7, 11) is -2.08. The summed E-state index contributed by atoms with van der Waals surface area (Å²) in [6.45, 7) is 7.71. The molecule has 5 nitrogen and oxygen atoms in total. The van der Waals surface area contributed by atoms with Gasteiger partial charge in [0.25, 0.3) is 10.0 Å². The lowest BCUT2D eigenvalue weighted by Crippen LogP contribution is -2.42. The number of aryl methyl sites for hydroxylation is 2. The van der Waals surface area contributed by atoms with Crippen LogP contribution in [0.25, 0.3) is 0 Å². The molecule has 2 aromatic rings. The Morgan fingerprint density at radius 1 is 1.28 bits per heavy atom. The molecular weight excluding hydrogens is 341 g/mol. The summed E-state index contributed by atoms with van der Waals surface area (Å²) in [5.41, 5.74) is 1.41. The normalized spacial score (nSPS) is 18.3. The van der Waals surface area contributed by atoms with Crippen molar-refractivity contribution >= 4 is 15.7 Å². The third-order valence-corrected chi connectivity index (χ3v) is 6.48. The molecule has 0 saturated heterocycles. The molecular formula is C18H24FN3O2S. The van der Waals surface area contributed by atoms with Gasteiger partial charge >= 0.3 is 0 Å². The minimum absolute atomic E-state index is 0.198. The molecule has 1 aliphatic heterocycles. The minimum Gasteiger partial charge on any atom is -0.274 e. The molecule has 1 aromatic carbocycles. The van der Waals surface area contributed by atoms with Gasteiger partial charge in [-0.2, -0.15) is 5.10 Å². The predicted octanol–water partition coefficient (Wildman–Crippen LogP) is 3.39. The number of fused-ring (bicyclic) bond motifs is 1. The van der Waals surface area contributed by atoms with Gasteiger partial charge < -0.3 is 0 Å². The van der Waals surface area contributed by atoms with Crippen molar-refractivity contribution in [1.29, 1.82) is 0 Å². The van der Waals surface area contributed by atoms with E-state index in [1.807, 2.05) is 27.7 Å². The highest BCUT2D eigenvalue weighted by atomic mass is 32.2. The Balaban J connectivity index is 2.20. The Labute approximate surface area is 148 Å². The van der Waals surface area contributed by atoms with Crippen LogP contribution in [0.2, 0.25) is 0 Å². The lowest BCUT2D eigenvalue weighted by molar-refractivity contribution is 0.532. The van der Waals surface area contributed by atoms with E-state index in [1.54, 1.807) is 19.3 Å². The monoisotopic (exact) mass is 365 g/mol. The van der Waals surface area contributed by atoms with Crippen LogP contribution in [0.1, 0.15) is 45.4 Å². The van der Waals surface area contributed by atoms with Crippen LogP contribution >= 0.6 is 0 Å². The number of halogens is 1. The second kappa shape index (κ2) is 5.83. The quantitative estimate of drug-likeness (QED) is 0.820. The van der Waals surface area contributed by atoms with Gasteiger partial charge in [-0.05, 0) is 43.5 Å². The fourth-order valence-electron chi connectivity index (χ4n) is 3.34. The first-order chi connectivity index (χ1) is 11.5. The number of nitrogens with zero attached hydrogens (tertiary/aromatic N) is 3. The van der Waals surface area contributed by atoms with Gasteiger partial charge in [-0.25, -0.2) is 12.8 Å². The van der Waals surface area contributed by atoms with Gasteiger partial charge in [-0.3, -0.25) is 8.99 Å². The van der Waals surface area contributed by atoms with Crippen LogP contribution in [0.5, 0.6) is 0 Å². The number of sulfonamides is 1. The van der Waals surface area contributed by atoms with E-state index < -0.39 is 15.4 Å². The number of hydrogen-bond acceptors (Lipinski definition) is 3. The van der Waals surface area contributed by atoms with Gasteiger partial charge in [0.1, 0.15) is 10.7 Å². The second-order valence-electron chi connectivity index (χ2n) is 7.73. The highest BCUT2D eigenvalue weighted by Crippen LogP contribution is 2.38. The first kappa shape index (κ1) is 17.9. The minimum atomic E-state index is -3.80. The second-order valence-corrected chi connectivity index (χ2v) is 9.51. The van der Waals surface area contributed by atoms with Crippen LogP contribution in [0.4, 0.5) is 10.1 Å². The fourth-order valence-corrected chi connectivity index (χ4v) is 5.44. The molecule has 0 fully saturated rings. The molecule has 25 heavy (non-hydrogen) atoms. The Bertz CT molecular complexity index is 913. The van der Waals surface area contributed by atoms with E-state index in [1.165, 1.54) is 21.1 Å². The zero-order valence-corrected chi connectivity index (χ0v) is 16.1. The van der Waals surface area contributed by atoms with Crippen LogP contribution < -0.4 is 4.31 Å². The van der Waals surface area contributed by atoms with Gasteiger partial charge in [0.15, 0.2) is 0 Å². The largest absolute Gasteiger partial charge is 0.274 e. The standard InChI is InChI=1S/C18H24FN3O2S/c1-12-6-7-13-10-14(19)8-9-15(13)22(12)25(23,24)16-11-21(5)20-17(16)18(2,3)4/h8-12H,6-7H2,1-5H3. The zero-order valence-electron chi connectivity index (χ0n) is 15.2. The molecule has 2 heterocycles. The molecule has 0 aliphatic carbocycles. The lowest BCUT2D eigenvalue weighted by Gasteiger charge is -2.36. The van der Waals surface area contributed by atoms with E-state index in [9.17, 15) is 12.8 Å². The number of anilines is 1. The predicted molar refractivity (Wildman–Crippen MR) is 95.8 cm³/mol. The Morgan fingerprint density at radius 3 is 2.60 bits per heavy atom. The zero-order chi connectivity index (χ0) is 18.6. The summed E-state index contributed by atoms with van der Waals surface area (Å²) in [5, 5.41) is 4.39. The summed E-state index contributed by atoms with van der Waals surface area (Å²) in [4.78, 5) is 0.214. The Kier molecular flexibility index (Phi) is 4.18. The van der Waals surface area contributed by atoms with Crippen molar-refractivity contribution in [3.05, 3.63) is 41.5 Å². The van der Waals surface area contributed by atoms with E-state index in [0.29, 0.717) is 24.2 Å². The molecule has 0 N–H and O–H groups in total. The summed E-state index contributed by atoms with van der Waals surface area (Å²) >= 11 is 0. The van der Waals surface area contributed by atoms with Crippen molar-refractivity contribution in [3.8, 4) is 0 Å². The molecule has 3 rings (SSSR count). The molecule has 1 aromatic heterocycles. The van der Waals surface area contributed by atoms with Crippen molar-refractivity contribution in [1.82, 2.24) is 9.78 Å². The maximum absolute atomic E-state index is 13.6. The van der Waals surface area contributed by atoms with Crippen molar-refractivity contribution in [2.75, 3.05) is 4.31 Å². The molecule has 0 spiro atoms. The molecule has 0 radical (unpaired) electrons. The van der Waals surface area contributed by atoms with E-state index in [4.69, 9.17) is 0 Å². The number of aromatic nitrogens is 2. The maximum atomic E-state index is 13.6. The highest BCUT2D eigenvalue weighted by molar-refractivity contribution is 7.93. The van der Waals surface area contributed by atoms with Crippen molar-refractivity contribution in [2.45, 2.75) is 56.9 Å². The van der Waals surface area contributed by atoms with Gasteiger partial charge in [-0.15, -0.1) is 0 Å². The van der Waals surface area contributed by atoms with Crippen LogP contribution in [0.15, 0.2) is 29.3 Å². The summed E-state index contributed by atoms with van der Waals surface area (Å²) in [5.74, 6) is -0.345. The topological polar surface area (TPSA) is 55.2 Å². The maximum Gasteiger partial charge on any atom is 0.268 e. The fraction of sp³-hybridized carbons (Fsp3) is 0.500.